The lowest BCUT2D eigenvalue weighted by Gasteiger charge is -2.28. The van der Waals surface area contributed by atoms with Gasteiger partial charge in [0.05, 0.1) is 6.04 Å². The van der Waals surface area contributed by atoms with Gasteiger partial charge in [-0.25, -0.2) is 0 Å². The van der Waals surface area contributed by atoms with E-state index in [0.717, 1.165) is 5.33 Å². The smallest absolute Gasteiger partial charge is 0.0603 e. The summed E-state index contributed by atoms with van der Waals surface area (Å²) in [6, 6.07) is 11.4. The molecule has 0 aliphatic heterocycles. The van der Waals surface area contributed by atoms with Gasteiger partial charge in [-0.2, -0.15) is 0 Å². The first-order valence-electron chi connectivity index (χ1n) is 6.05. The summed E-state index contributed by atoms with van der Waals surface area (Å²) in [4.78, 5) is 3.75. The summed E-state index contributed by atoms with van der Waals surface area (Å²) in [5.74, 6) is 0. The van der Waals surface area contributed by atoms with Crippen LogP contribution < -0.4 is 4.90 Å². The van der Waals surface area contributed by atoms with Gasteiger partial charge in [-0.05, 0) is 42.5 Å². The maximum absolute atomic E-state index is 3.50. The van der Waals surface area contributed by atoms with Crippen LogP contribution in [0.25, 0.3) is 0 Å². The number of alkyl halides is 1. The Morgan fingerprint density at radius 1 is 1.33 bits per heavy atom. The van der Waals surface area contributed by atoms with Crippen molar-refractivity contribution in [2.24, 2.45) is 0 Å². The molecule has 1 nitrogen and oxygen atoms in total. The molecule has 0 spiro atoms. The van der Waals surface area contributed by atoms with E-state index in [1.54, 1.807) is 0 Å². The number of benzene rings is 1. The van der Waals surface area contributed by atoms with Crippen LogP contribution in [0.3, 0.4) is 0 Å². The van der Waals surface area contributed by atoms with Gasteiger partial charge >= 0.3 is 0 Å². The highest BCUT2D eigenvalue weighted by Crippen LogP contribution is 2.30. The summed E-state index contributed by atoms with van der Waals surface area (Å²) in [6.07, 6.45) is 0. The second kappa shape index (κ2) is 5.89. The van der Waals surface area contributed by atoms with E-state index in [1.807, 2.05) is 11.3 Å². The normalized spacial score (nSPS) is 12.4. The van der Waals surface area contributed by atoms with Gasteiger partial charge in [-0.3, -0.25) is 0 Å². The highest BCUT2D eigenvalue weighted by Gasteiger charge is 2.14. The Bertz CT molecular complexity index is 507. The van der Waals surface area contributed by atoms with Crippen LogP contribution >= 0.6 is 27.3 Å². The highest BCUT2D eigenvalue weighted by molar-refractivity contribution is 9.08. The first kappa shape index (κ1) is 13.6. The molecule has 3 heteroatoms. The molecule has 0 saturated heterocycles. The molecular formula is C15H18BrNS. The number of halogens is 1. The van der Waals surface area contributed by atoms with Crippen molar-refractivity contribution in [2.75, 3.05) is 11.9 Å². The zero-order chi connectivity index (χ0) is 13.1. The van der Waals surface area contributed by atoms with Gasteiger partial charge in [0.15, 0.2) is 0 Å². The molecule has 1 aromatic heterocycles. The summed E-state index contributed by atoms with van der Waals surface area (Å²) < 4.78 is 0. The Morgan fingerprint density at radius 3 is 2.67 bits per heavy atom. The summed E-state index contributed by atoms with van der Waals surface area (Å²) in [5.41, 5.74) is 3.96. The van der Waals surface area contributed by atoms with E-state index in [0.29, 0.717) is 6.04 Å². The van der Waals surface area contributed by atoms with Gasteiger partial charge in [-0.15, -0.1) is 11.3 Å². The minimum Gasteiger partial charge on any atom is -0.367 e. The van der Waals surface area contributed by atoms with Crippen LogP contribution in [0.5, 0.6) is 0 Å². The van der Waals surface area contributed by atoms with Crippen molar-refractivity contribution in [3.05, 3.63) is 51.7 Å². The fraction of sp³-hybridized carbons (Fsp3) is 0.333. The number of rotatable bonds is 4. The molecule has 1 heterocycles. The Kier molecular flexibility index (Phi) is 4.46. The number of nitrogens with zero attached hydrogens (tertiary/aromatic N) is 1. The summed E-state index contributed by atoms with van der Waals surface area (Å²) in [5, 5.41) is 3.05. The first-order valence-corrected chi connectivity index (χ1v) is 8.05. The van der Waals surface area contributed by atoms with Crippen LogP contribution in [-0.4, -0.2) is 7.05 Å². The molecule has 0 aliphatic rings. The second-order valence-electron chi connectivity index (χ2n) is 4.56. The standard InChI is InChI=1S/C15H18BrNS/c1-11-9-13(10-16)6-7-14(11)17(3)12(2)15-5-4-8-18-15/h4-9,12H,10H2,1-3H3. The fourth-order valence-corrected chi connectivity index (χ4v) is 3.30. The van der Waals surface area contributed by atoms with Gasteiger partial charge < -0.3 is 4.90 Å². The van der Waals surface area contributed by atoms with Crippen molar-refractivity contribution in [3.63, 3.8) is 0 Å². The van der Waals surface area contributed by atoms with Crippen LogP contribution in [0.2, 0.25) is 0 Å². The van der Waals surface area contributed by atoms with Crippen LogP contribution in [0.1, 0.15) is 29.0 Å². The molecule has 2 rings (SSSR count). The summed E-state index contributed by atoms with van der Waals surface area (Å²) >= 11 is 5.32. The van der Waals surface area contributed by atoms with E-state index in [4.69, 9.17) is 0 Å². The Labute approximate surface area is 122 Å². The topological polar surface area (TPSA) is 3.24 Å². The zero-order valence-electron chi connectivity index (χ0n) is 11.0. The van der Waals surface area contributed by atoms with E-state index in [1.165, 1.54) is 21.7 Å². The molecule has 1 unspecified atom stereocenters. The molecule has 0 saturated carbocycles. The molecule has 18 heavy (non-hydrogen) atoms. The van der Waals surface area contributed by atoms with Crippen molar-refractivity contribution in [3.8, 4) is 0 Å². The fourth-order valence-electron chi connectivity index (χ4n) is 2.12. The Hall–Kier alpha value is -0.800. The van der Waals surface area contributed by atoms with E-state index >= 15 is 0 Å². The Morgan fingerprint density at radius 2 is 2.11 bits per heavy atom. The van der Waals surface area contributed by atoms with Crippen molar-refractivity contribution >= 4 is 33.0 Å². The molecule has 96 valence electrons. The predicted molar refractivity (Wildman–Crippen MR) is 84.9 cm³/mol. The maximum atomic E-state index is 3.50. The van der Waals surface area contributed by atoms with E-state index in [9.17, 15) is 0 Å². The number of anilines is 1. The largest absolute Gasteiger partial charge is 0.367 e. The lowest BCUT2D eigenvalue weighted by Crippen LogP contribution is -2.21. The number of hydrogen-bond acceptors (Lipinski definition) is 2. The average molecular weight is 324 g/mol. The molecule has 1 atom stereocenters. The Balaban J connectivity index is 2.26. The quantitative estimate of drug-likeness (QED) is 0.703. The molecule has 0 radical (unpaired) electrons. The van der Waals surface area contributed by atoms with Crippen LogP contribution in [-0.2, 0) is 5.33 Å². The molecule has 1 aromatic carbocycles. The monoisotopic (exact) mass is 323 g/mol. The van der Waals surface area contributed by atoms with E-state index < -0.39 is 0 Å². The SMILES string of the molecule is Cc1cc(CBr)ccc1N(C)C(C)c1cccs1. The predicted octanol–water partition coefficient (Wildman–Crippen LogP) is 5.15. The summed E-state index contributed by atoms with van der Waals surface area (Å²) in [7, 11) is 2.17. The third-order valence-corrected chi connectivity index (χ3v) is 5.02. The maximum Gasteiger partial charge on any atom is 0.0603 e. The molecule has 0 fully saturated rings. The summed E-state index contributed by atoms with van der Waals surface area (Å²) in [6.45, 7) is 4.43. The van der Waals surface area contributed by atoms with Crippen LogP contribution in [0, 0.1) is 6.92 Å². The molecule has 0 bridgehead atoms. The van der Waals surface area contributed by atoms with Gasteiger partial charge in [0, 0.05) is 22.9 Å². The second-order valence-corrected chi connectivity index (χ2v) is 6.10. The minimum atomic E-state index is 0.415. The molecule has 0 N–H and O–H groups in total. The van der Waals surface area contributed by atoms with Crippen LogP contribution in [0.4, 0.5) is 5.69 Å². The van der Waals surface area contributed by atoms with Crippen LogP contribution in [0.15, 0.2) is 35.7 Å². The number of hydrogen-bond donors (Lipinski definition) is 0. The number of aryl methyl sites for hydroxylation is 1. The number of thiophene rings is 1. The van der Waals surface area contributed by atoms with Gasteiger partial charge in [0.25, 0.3) is 0 Å². The minimum absolute atomic E-state index is 0.415. The molecular weight excluding hydrogens is 306 g/mol. The average Bonchev–Trinajstić information content (AvgIpc) is 2.90. The van der Waals surface area contributed by atoms with Crippen molar-refractivity contribution in [1.82, 2.24) is 0 Å². The third-order valence-electron chi connectivity index (χ3n) is 3.33. The van der Waals surface area contributed by atoms with Crippen molar-refractivity contribution < 1.29 is 0 Å². The highest BCUT2D eigenvalue weighted by atomic mass is 79.9. The third kappa shape index (κ3) is 2.78. The lowest BCUT2D eigenvalue weighted by atomic mass is 10.1. The molecule has 2 aromatic rings. The van der Waals surface area contributed by atoms with Gasteiger partial charge in [-0.1, -0.05) is 34.1 Å². The molecule has 0 amide bonds. The van der Waals surface area contributed by atoms with E-state index in [-0.39, 0.29) is 0 Å². The zero-order valence-corrected chi connectivity index (χ0v) is 13.4. The first-order chi connectivity index (χ1) is 8.63. The van der Waals surface area contributed by atoms with Crippen molar-refractivity contribution in [1.29, 1.82) is 0 Å². The van der Waals surface area contributed by atoms with Gasteiger partial charge in [0.1, 0.15) is 0 Å². The molecule has 0 aliphatic carbocycles. The lowest BCUT2D eigenvalue weighted by molar-refractivity contribution is 0.751. The van der Waals surface area contributed by atoms with Gasteiger partial charge in [0.2, 0.25) is 0 Å². The van der Waals surface area contributed by atoms with E-state index in [2.05, 4.69) is 77.4 Å². The van der Waals surface area contributed by atoms with Crippen molar-refractivity contribution in [2.45, 2.75) is 25.2 Å².